The van der Waals surface area contributed by atoms with Crippen LogP contribution in [0, 0.1) is 6.92 Å². The molecular weight excluding hydrogens is 284 g/mol. The number of aromatic nitrogens is 2. The topological polar surface area (TPSA) is 89.5 Å². The summed E-state index contributed by atoms with van der Waals surface area (Å²) in [5, 5.41) is 15.6. The van der Waals surface area contributed by atoms with Gasteiger partial charge < -0.3 is 10.0 Å². The molecule has 2 N–H and O–H groups in total. The number of aliphatic carboxylic acids is 1. The van der Waals surface area contributed by atoms with Gasteiger partial charge in [-0.25, -0.2) is 0 Å². The van der Waals surface area contributed by atoms with Crippen LogP contribution >= 0.6 is 11.6 Å². The second-order valence-corrected chi connectivity index (χ2v) is 5.17. The number of carboxylic acid groups (broad SMARTS) is 1. The number of aromatic amines is 1. The highest BCUT2D eigenvalue weighted by molar-refractivity contribution is 6.34. The maximum Gasteiger partial charge on any atom is 0.304 e. The Morgan fingerprint density at radius 2 is 2.00 bits per heavy atom. The lowest BCUT2D eigenvalue weighted by atomic mass is 10.2. The Labute approximate surface area is 121 Å². The maximum atomic E-state index is 12.3. The van der Waals surface area contributed by atoms with E-state index in [9.17, 15) is 9.59 Å². The fraction of sp³-hybridized carbons (Fsp3) is 0.583. The fourth-order valence-electron chi connectivity index (χ4n) is 2.14. The number of hydrogen-bond donors (Lipinski definition) is 2. The van der Waals surface area contributed by atoms with E-state index in [1.54, 1.807) is 11.8 Å². The third-order valence-corrected chi connectivity index (χ3v) is 3.84. The van der Waals surface area contributed by atoms with Gasteiger partial charge in [0.1, 0.15) is 0 Å². The van der Waals surface area contributed by atoms with Crippen LogP contribution in [0.25, 0.3) is 0 Å². The Morgan fingerprint density at radius 3 is 2.50 bits per heavy atom. The average molecular weight is 301 g/mol. The predicted molar refractivity (Wildman–Crippen MR) is 72.9 cm³/mol. The van der Waals surface area contributed by atoms with Gasteiger partial charge in [0.25, 0.3) is 5.91 Å². The van der Waals surface area contributed by atoms with Crippen LogP contribution in [0.1, 0.15) is 22.6 Å². The third kappa shape index (κ3) is 3.29. The van der Waals surface area contributed by atoms with Crippen molar-refractivity contribution in [3.05, 3.63) is 16.4 Å². The molecule has 1 aliphatic rings. The molecule has 1 aromatic rings. The smallest absolute Gasteiger partial charge is 0.304 e. The van der Waals surface area contributed by atoms with E-state index in [1.165, 1.54) is 0 Å². The van der Waals surface area contributed by atoms with E-state index in [0.717, 1.165) is 0 Å². The molecule has 0 bridgehead atoms. The van der Waals surface area contributed by atoms with Gasteiger partial charge in [0.05, 0.1) is 17.1 Å². The van der Waals surface area contributed by atoms with E-state index in [4.69, 9.17) is 16.7 Å². The molecule has 1 fully saturated rings. The molecule has 8 heteroatoms. The summed E-state index contributed by atoms with van der Waals surface area (Å²) < 4.78 is 0. The summed E-state index contributed by atoms with van der Waals surface area (Å²) in [4.78, 5) is 26.5. The third-order valence-electron chi connectivity index (χ3n) is 3.38. The van der Waals surface area contributed by atoms with Gasteiger partial charge in [-0.05, 0) is 6.92 Å². The molecule has 0 radical (unpaired) electrons. The Kier molecular flexibility index (Phi) is 4.61. The minimum atomic E-state index is -0.803. The standard InChI is InChI=1S/C12H17ClN4O3/c1-8-10(13)11(15-14-8)12(20)17-6-4-16(5-7-17)3-2-9(18)19/h2-7H2,1H3,(H,14,15)(H,18,19). The van der Waals surface area contributed by atoms with Gasteiger partial charge in [0.15, 0.2) is 5.69 Å². The van der Waals surface area contributed by atoms with E-state index in [-0.39, 0.29) is 18.0 Å². The van der Waals surface area contributed by atoms with Crippen LogP contribution in [-0.2, 0) is 4.79 Å². The first-order valence-electron chi connectivity index (χ1n) is 6.43. The van der Waals surface area contributed by atoms with Crippen molar-refractivity contribution in [2.45, 2.75) is 13.3 Å². The molecule has 0 saturated carbocycles. The Bertz CT molecular complexity index is 509. The molecule has 2 heterocycles. The van der Waals surface area contributed by atoms with Gasteiger partial charge in [0, 0.05) is 32.7 Å². The number of piperazine rings is 1. The lowest BCUT2D eigenvalue weighted by Crippen LogP contribution is -2.49. The predicted octanol–water partition coefficient (Wildman–Crippen LogP) is 0.604. The summed E-state index contributed by atoms with van der Waals surface area (Å²) in [6.45, 7) is 4.72. The summed E-state index contributed by atoms with van der Waals surface area (Å²) in [5.41, 5.74) is 0.929. The number of amides is 1. The molecule has 7 nitrogen and oxygen atoms in total. The Hall–Kier alpha value is -1.60. The van der Waals surface area contributed by atoms with E-state index >= 15 is 0 Å². The van der Waals surface area contributed by atoms with Crippen molar-refractivity contribution in [3.8, 4) is 0 Å². The molecule has 1 saturated heterocycles. The molecule has 1 aliphatic heterocycles. The monoisotopic (exact) mass is 300 g/mol. The molecule has 1 aromatic heterocycles. The van der Waals surface area contributed by atoms with Crippen molar-refractivity contribution in [2.75, 3.05) is 32.7 Å². The van der Waals surface area contributed by atoms with E-state index in [1.807, 2.05) is 4.90 Å². The zero-order valence-corrected chi connectivity index (χ0v) is 12.0. The molecule has 20 heavy (non-hydrogen) atoms. The van der Waals surface area contributed by atoms with E-state index in [2.05, 4.69) is 10.2 Å². The van der Waals surface area contributed by atoms with Gasteiger partial charge >= 0.3 is 5.97 Å². The number of aryl methyl sites for hydroxylation is 1. The van der Waals surface area contributed by atoms with Crippen LogP contribution in [0.2, 0.25) is 5.02 Å². The van der Waals surface area contributed by atoms with Crippen LogP contribution in [0.15, 0.2) is 0 Å². The number of carboxylic acids is 1. The first-order chi connectivity index (χ1) is 9.49. The van der Waals surface area contributed by atoms with Crippen molar-refractivity contribution in [1.82, 2.24) is 20.0 Å². The average Bonchev–Trinajstić information content (AvgIpc) is 2.76. The van der Waals surface area contributed by atoms with Crippen molar-refractivity contribution in [1.29, 1.82) is 0 Å². The van der Waals surface area contributed by atoms with Crippen molar-refractivity contribution < 1.29 is 14.7 Å². The molecule has 0 aliphatic carbocycles. The van der Waals surface area contributed by atoms with Crippen molar-refractivity contribution >= 4 is 23.5 Å². The maximum absolute atomic E-state index is 12.3. The Balaban J connectivity index is 1.89. The van der Waals surface area contributed by atoms with E-state index in [0.29, 0.717) is 43.4 Å². The van der Waals surface area contributed by atoms with Crippen LogP contribution in [0.4, 0.5) is 0 Å². The molecule has 0 atom stereocenters. The molecule has 0 spiro atoms. The van der Waals surface area contributed by atoms with Gasteiger partial charge in [-0.2, -0.15) is 5.10 Å². The van der Waals surface area contributed by atoms with Gasteiger partial charge in [-0.1, -0.05) is 11.6 Å². The number of halogens is 1. The molecule has 0 unspecified atom stereocenters. The number of H-pyrrole nitrogens is 1. The lowest BCUT2D eigenvalue weighted by Gasteiger charge is -2.34. The lowest BCUT2D eigenvalue weighted by molar-refractivity contribution is -0.137. The highest BCUT2D eigenvalue weighted by atomic mass is 35.5. The number of hydrogen-bond acceptors (Lipinski definition) is 4. The zero-order valence-electron chi connectivity index (χ0n) is 11.2. The number of rotatable bonds is 4. The highest BCUT2D eigenvalue weighted by Crippen LogP contribution is 2.19. The van der Waals surface area contributed by atoms with Crippen LogP contribution in [0.5, 0.6) is 0 Å². The molecular formula is C12H17ClN4O3. The summed E-state index contributed by atoms with van der Waals surface area (Å²) >= 11 is 6.02. The minimum absolute atomic E-state index is 0.123. The summed E-state index contributed by atoms with van der Waals surface area (Å²) in [5.74, 6) is -0.987. The van der Waals surface area contributed by atoms with Crippen molar-refractivity contribution in [2.24, 2.45) is 0 Å². The number of carbonyl (C=O) groups is 2. The van der Waals surface area contributed by atoms with Crippen LogP contribution < -0.4 is 0 Å². The highest BCUT2D eigenvalue weighted by Gasteiger charge is 2.26. The van der Waals surface area contributed by atoms with Gasteiger partial charge in [-0.3, -0.25) is 19.6 Å². The second kappa shape index (κ2) is 6.23. The van der Waals surface area contributed by atoms with Gasteiger partial charge in [-0.15, -0.1) is 0 Å². The summed E-state index contributed by atoms with van der Waals surface area (Å²) in [7, 11) is 0. The Morgan fingerprint density at radius 1 is 1.35 bits per heavy atom. The normalized spacial score (nSPS) is 16.4. The quantitative estimate of drug-likeness (QED) is 0.850. The number of nitrogens with zero attached hydrogens (tertiary/aromatic N) is 3. The first-order valence-corrected chi connectivity index (χ1v) is 6.80. The second-order valence-electron chi connectivity index (χ2n) is 4.79. The first kappa shape index (κ1) is 14.8. The minimum Gasteiger partial charge on any atom is -0.481 e. The summed E-state index contributed by atoms with van der Waals surface area (Å²) in [6.07, 6.45) is 0.123. The largest absolute Gasteiger partial charge is 0.481 e. The van der Waals surface area contributed by atoms with Crippen molar-refractivity contribution in [3.63, 3.8) is 0 Å². The van der Waals surface area contributed by atoms with E-state index < -0.39 is 5.97 Å². The molecule has 110 valence electrons. The molecule has 1 amide bonds. The number of nitrogens with one attached hydrogen (secondary N) is 1. The molecule has 0 aromatic carbocycles. The fourth-order valence-corrected chi connectivity index (χ4v) is 2.30. The van der Waals surface area contributed by atoms with Crippen LogP contribution in [-0.4, -0.2) is 69.7 Å². The number of carbonyl (C=O) groups excluding carboxylic acids is 1. The van der Waals surface area contributed by atoms with Crippen LogP contribution in [0.3, 0.4) is 0 Å². The van der Waals surface area contributed by atoms with Gasteiger partial charge in [0.2, 0.25) is 0 Å². The molecule has 2 rings (SSSR count). The summed E-state index contributed by atoms with van der Waals surface area (Å²) in [6, 6.07) is 0. The zero-order chi connectivity index (χ0) is 14.7. The SMILES string of the molecule is Cc1[nH]nc(C(=O)N2CCN(CCC(=O)O)CC2)c1Cl.